The molecule has 0 radical (unpaired) electrons. The predicted octanol–water partition coefficient (Wildman–Crippen LogP) is 0.974. The van der Waals surface area contributed by atoms with E-state index >= 15 is 0 Å². The van der Waals surface area contributed by atoms with E-state index in [4.69, 9.17) is 9.84 Å². The van der Waals surface area contributed by atoms with Crippen molar-refractivity contribution >= 4 is 17.3 Å². The summed E-state index contributed by atoms with van der Waals surface area (Å²) in [5.41, 5.74) is -1.25. The van der Waals surface area contributed by atoms with E-state index in [2.05, 4.69) is 0 Å². The van der Waals surface area contributed by atoms with Gasteiger partial charge in [0.2, 0.25) is 0 Å². The summed E-state index contributed by atoms with van der Waals surface area (Å²) in [6.45, 7) is 0.364. The van der Waals surface area contributed by atoms with Crippen molar-refractivity contribution in [1.29, 1.82) is 0 Å². The highest BCUT2D eigenvalue weighted by atomic mass is 16.6. The Hall–Kier alpha value is -2.59. The van der Waals surface area contributed by atoms with Crippen LogP contribution in [-0.2, 0) is 4.74 Å². The van der Waals surface area contributed by atoms with Gasteiger partial charge in [-0.2, -0.15) is 0 Å². The summed E-state index contributed by atoms with van der Waals surface area (Å²) in [5, 5.41) is 30.8. The number of aliphatic hydroxyl groups excluding tert-OH is 1. The second-order valence-corrected chi connectivity index (χ2v) is 4.61. The lowest BCUT2D eigenvalue weighted by atomic mass is 10.1. The molecule has 126 valence electrons. The molecular weight excluding hydrogens is 310 g/mol. The molecule has 0 heterocycles. The Bertz CT molecular complexity index is 559. The molecule has 0 aliphatic rings. The molecule has 1 N–H and O–H groups in total. The largest absolute Gasteiger partial charge is 0.395 e. The van der Waals surface area contributed by atoms with Gasteiger partial charge in [-0.15, -0.1) is 0 Å². The van der Waals surface area contributed by atoms with E-state index in [0.29, 0.717) is 13.0 Å². The maximum atomic E-state index is 12.4. The number of aliphatic hydroxyl groups is 1. The summed E-state index contributed by atoms with van der Waals surface area (Å²) in [7, 11) is 1.50. The smallest absolute Gasteiger partial charge is 0.277 e. The molecule has 0 aromatic heterocycles. The first-order valence-electron chi connectivity index (χ1n) is 6.73. The number of nitro groups is 2. The fraction of sp³-hybridized carbons (Fsp3) is 0.462. The van der Waals surface area contributed by atoms with Gasteiger partial charge in [-0.3, -0.25) is 25.0 Å². The van der Waals surface area contributed by atoms with Crippen molar-refractivity contribution in [2.45, 2.75) is 6.42 Å². The number of carbonyl (C=O) groups excluding carboxylic acids is 1. The predicted molar refractivity (Wildman–Crippen MR) is 79.2 cm³/mol. The molecule has 0 unspecified atom stereocenters. The Morgan fingerprint density at radius 2 is 1.74 bits per heavy atom. The number of hydrogen-bond donors (Lipinski definition) is 1. The Morgan fingerprint density at radius 1 is 1.17 bits per heavy atom. The molecular formula is C13H17N3O7. The van der Waals surface area contributed by atoms with Gasteiger partial charge in [0.15, 0.2) is 0 Å². The van der Waals surface area contributed by atoms with Crippen LogP contribution in [0.1, 0.15) is 16.8 Å². The zero-order chi connectivity index (χ0) is 17.4. The maximum Gasteiger partial charge on any atom is 0.277 e. The van der Waals surface area contributed by atoms with Gasteiger partial charge in [0, 0.05) is 38.9 Å². The van der Waals surface area contributed by atoms with Crippen LogP contribution in [0.15, 0.2) is 18.2 Å². The first-order chi connectivity index (χ1) is 10.9. The Morgan fingerprint density at radius 3 is 2.17 bits per heavy atom. The number of rotatable bonds is 9. The van der Waals surface area contributed by atoms with E-state index in [1.165, 1.54) is 12.0 Å². The molecule has 1 aromatic carbocycles. The molecule has 23 heavy (non-hydrogen) atoms. The Balaban J connectivity index is 3.11. The lowest BCUT2D eigenvalue weighted by molar-refractivity contribution is -0.394. The van der Waals surface area contributed by atoms with Crippen molar-refractivity contribution in [1.82, 2.24) is 4.90 Å². The third kappa shape index (κ3) is 5.27. The van der Waals surface area contributed by atoms with Crippen LogP contribution in [0, 0.1) is 20.2 Å². The number of non-ortho nitro benzene ring substituents is 2. The first-order valence-corrected chi connectivity index (χ1v) is 6.73. The minimum Gasteiger partial charge on any atom is -0.395 e. The van der Waals surface area contributed by atoms with Gasteiger partial charge in [-0.05, 0) is 6.42 Å². The number of amides is 1. The molecule has 10 heteroatoms. The highest BCUT2D eigenvalue weighted by molar-refractivity contribution is 5.95. The number of methoxy groups -OCH3 is 1. The van der Waals surface area contributed by atoms with E-state index in [1.54, 1.807) is 0 Å². The molecule has 0 aliphatic carbocycles. The molecule has 0 atom stereocenters. The molecule has 0 fully saturated rings. The quantitative estimate of drug-likeness (QED) is 0.405. The maximum absolute atomic E-state index is 12.4. The molecule has 0 aliphatic heterocycles. The molecule has 0 saturated carbocycles. The average molecular weight is 327 g/mol. The lowest BCUT2D eigenvalue weighted by Gasteiger charge is -2.21. The number of nitro benzene ring substituents is 2. The van der Waals surface area contributed by atoms with Crippen molar-refractivity contribution in [3.63, 3.8) is 0 Å². The van der Waals surface area contributed by atoms with E-state index in [1.807, 2.05) is 0 Å². The van der Waals surface area contributed by atoms with Gasteiger partial charge in [0.05, 0.1) is 28.1 Å². The van der Waals surface area contributed by atoms with Crippen molar-refractivity contribution in [3.05, 3.63) is 44.0 Å². The van der Waals surface area contributed by atoms with E-state index in [9.17, 15) is 25.0 Å². The lowest BCUT2D eigenvalue weighted by Crippen LogP contribution is -2.35. The summed E-state index contributed by atoms with van der Waals surface area (Å²) in [5.74, 6) is -0.623. The first kappa shape index (κ1) is 18.5. The standard InChI is InChI=1S/C13H17N3O7/c1-23-6-2-3-14(4-5-17)13(18)10-7-11(15(19)20)9-12(8-10)16(21)22/h7-9,17H,2-6H2,1H3. The third-order valence-electron chi connectivity index (χ3n) is 3.00. The highest BCUT2D eigenvalue weighted by Gasteiger charge is 2.23. The highest BCUT2D eigenvalue weighted by Crippen LogP contribution is 2.23. The van der Waals surface area contributed by atoms with Crippen molar-refractivity contribution < 1.29 is 24.5 Å². The van der Waals surface area contributed by atoms with Crippen LogP contribution in [0.3, 0.4) is 0 Å². The number of hydrogen-bond acceptors (Lipinski definition) is 7. The van der Waals surface area contributed by atoms with E-state index in [-0.39, 0.29) is 25.3 Å². The third-order valence-corrected chi connectivity index (χ3v) is 3.00. The van der Waals surface area contributed by atoms with Crippen LogP contribution in [0.25, 0.3) is 0 Å². The van der Waals surface area contributed by atoms with Crippen LogP contribution in [0.4, 0.5) is 11.4 Å². The number of carbonyl (C=O) groups is 1. The van der Waals surface area contributed by atoms with Gasteiger partial charge in [-0.1, -0.05) is 0 Å². The normalized spacial score (nSPS) is 10.3. The Kier molecular flexibility index (Phi) is 7.03. The summed E-state index contributed by atoms with van der Waals surface area (Å²) < 4.78 is 4.88. The van der Waals surface area contributed by atoms with Crippen LogP contribution in [-0.4, -0.2) is 59.2 Å². The molecule has 0 spiro atoms. The van der Waals surface area contributed by atoms with Crippen LogP contribution in [0.5, 0.6) is 0 Å². The fourth-order valence-corrected chi connectivity index (χ4v) is 1.95. The van der Waals surface area contributed by atoms with Crippen LogP contribution in [0.2, 0.25) is 0 Å². The second kappa shape index (κ2) is 8.76. The minimum atomic E-state index is -0.801. The van der Waals surface area contributed by atoms with Gasteiger partial charge in [0.1, 0.15) is 0 Å². The molecule has 1 aromatic rings. The fourth-order valence-electron chi connectivity index (χ4n) is 1.95. The summed E-state index contributed by atoms with van der Waals surface area (Å²) in [6.07, 6.45) is 0.499. The monoisotopic (exact) mass is 327 g/mol. The number of benzene rings is 1. The van der Waals surface area contributed by atoms with Crippen LogP contribution >= 0.6 is 0 Å². The SMILES string of the molecule is COCCCN(CCO)C(=O)c1cc([N+](=O)[O-])cc([N+](=O)[O-])c1. The van der Waals surface area contributed by atoms with Crippen molar-refractivity contribution in [2.75, 3.05) is 33.4 Å². The topological polar surface area (TPSA) is 136 Å². The summed E-state index contributed by atoms with van der Waals surface area (Å²) in [4.78, 5) is 33.8. The molecule has 0 saturated heterocycles. The zero-order valence-electron chi connectivity index (χ0n) is 12.5. The summed E-state index contributed by atoms with van der Waals surface area (Å²) in [6, 6.07) is 2.75. The summed E-state index contributed by atoms with van der Waals surface area (Å²) >= 11 is 0. The average Bonchev–Trinajstić information content (AvgIpc) is 2.53. The van der Waals surface area contributed by atoms with E-state index < -0.39 is 27.1 Å². The van der Waals surface area contributed by atoms with Crippen LogP contribution < -0.4 is 0 Å². The van der Waals surface area contributed by atoms with Gasteiger partial charge < -0.3 is 14.7 Å². The minimum absolute atomic E-state index is 0.0129. The Labute approximate surface area is 131 Å². The van der Waals surface area contributed by atoms with Crippen molar-refractivity contribution in [2.24, 2.45) is 0 Å². The van der Waals surface area contributed by atoms with Gasteiger partial charge in [0.25, 0.3) is 17.3 Å². The molecule has 0 bridgehead atoms. The van der Waals surface area contributed by atoms with Crippen molar-refractivity contribution in [3.8, 4) is 0 Å². The van der Waals surface area contributed by atoms with E-state index in [0.717, 1.165) is 18.2 Å². The molecule has 1 rings (SSSR count). The van der Waals surface area contributed by atoms with Gasteiger partial charge >= 0.3 is 0 Å². The number of ether oxygens (including phenoxy) is 1. The number of nitrogens with zero attached hydrogens (tertiary/aromatic N) is 3. The molecule has 1 amide bonds. The van der Waals surface area contributed by atoms with Gasteiger partial charge in [-0.25, -0.2) is 0 Å². The molecule has 10 nitrogen and oxygen atoms in total. The zero-order valence-corrected chi connectivity index (χ0v) is 12.5. The second-order valence-electron chi connectivity index (χ2n) is 4.61.